The van der Waals surface area contributed by atoms with Gasteiger partial charge in [-0.25, -0.2) is 0 Å². The number of halogens is 1. The second kappa shape index (κ2) is 8.06. The summed E-state index contributed by atoms with van der Waals surface area (Å²) in [6, 6.07) is 5.59. The van der Waals surface area contributed by atoms with Gasteiger partial charge in [-0.05, 0) is 44.2 Å². The second-order valence-electron chi connectivity index (χ2n) is 5.46. The third kappa shape index (κ3) is 5.53. The highest BCUT2D eigenvalue weighted by molar-refractivity contribution is 7.90. The maximum Gasteiger partial charge on any atom is 0.138 e. The van der Waals surface area contributed by atoms with E-state index in [1.54, 1.807) is 0 Å². The van der Waals surface area contributed by atoms with Gasteiger partial charge in [-0.2, -0.15) is 0 Å². The molecule has 2 rings (SSSR count). The van der Waals surface area contributed by atoms with Crippen molar-refractivity contribution in [3.8, 4) is 5.75 Å². The first-order valence-electron chi connectivity index (χ1n) is 7.46. The lowest BCUT2D eigenvalue weighted by Gasteiger charge is -2.10. The van der Waals surface area contributed by atoms with Gasteiger partial charge in [-0.3, -0.25) is 0 Å². The Bertz CT molecular complexity index is 503. The Labute approximate surface area is 135 Å². The highest BCUT2D eigenvalue weighted by Gasteiger charge is 2.22. The number of rotatable bonds is 8. The Kier molecular flexibility index (Phi) is 6.40. The van der Waals surface area contributed by atoms with E-state index in [0.717, 1.165) is 30.7 Å². The van der Waals surface area contributed by atoms with E-state index in [4.69, 9.17) is 16.3 Å². The summed E-state index contributed by atoms with van der Waals surface area (Å²) in [5.41, 5.74) is 1.67. The van der Waals surface area contributed by atoms with Crippen molar-refractivity contribution >= 4 is 28.7 Å². The summed E-state index contributed by atoms with van der Waals surface area (Å²) in [7, 11) is 0. The van der Waals surface area contributed by atoms with Crippen LogP contribution in [-0.4, -0.2) is 22.6 Å². The largest absolute Gasteiger partial charge is 0.591 e. The molecule has 1 fully saturated rings. The van der Waals surface area contributed by atoms with Crippen LogP contribution >= 0.6 is 11.6 Å². The van der Waals surface area contributed by atoms with Crippen molar-refractivity contribution in [3.63, 3.8) is 0 Å². The number of hydrogen-bond acceptors (Lipinski definition) is 3. The molecule has 0 aromatic heterocycles. The van der Waals surface area contributed by atoms with Crippen LogP contribution in [0.2, 0.25) is 5.02 Å². The molecule has 0 amide bonds. The van der Waals surface area contributed by atoms with E-state index in [2.05, 4.69) is 11.3 Å². The topological polar surface area (TPSA) is 44.7 Å². The Morgan fingerprint density at radius 2 is 2.24 bits per heavy atom. The van der Waals surface area contributed by atoms with Crippen molar-refractivity contribution in [3.05, 3.63) is 28.8 Å². The summed E-state index contributed by atoms with van der Waals surface area (Å²) in [5, 5.41) is 0.610. The maximum absolute atomic E-state index is 11.8. The lowest BCUT2D eigenvalue weighted by molar-refractivity contribution is 0.300. The zero-order valence-electron chi connectivity index (χ0n) is 12.6. The van der Waals surface area contributed by atoms with Crippen LogP contribution in [0.4, 0.5) is 0 Å². The quantitative estimate of drug-likeness (QED) is 0.524. The molecule has 1 saturated carbocycles. The van der Waals surface area contributed by atoms with Crippen molar-refractivity contribution in [1.82, 2.24) is 0 Å². The van der Waals surface area contributed by atoms with Gasteiger partial charge >= 0.3 is 0 Å². The summed E-state index contributed by atoms with van der Waals surface area (Å²) < 4.78 is 21.8. The third-order valence-corrected chi connectivity index (χ3v) is 4.86. The molecule has 0 saturated heterocycles. The second-order valence-corrected chi connectivity index (χ2v) is 7.10. The van der Waals surface area contributed by atoms with Crippen LogP contribution < -0.4 is 4.74 Å². The average molecular weight is 328 g/mol. The Morgan fingerprint density at radius 1 is 1.48 bits per heavy atom. The molecule has 0 aliphatic heterocycles. The van der Waals surface area contributed by atoms with E-state index in [9.17, 15) is 4.55 Å². The molecule has 0 radical (unpaired) electrons. The Hall–Kier alpha value is -0.710. The van der Waals surface area contributed by atoms with Crippen molar-refractivity contribution in [2.24, 2.45) is 10.3 Å². The van der Waals surface area contributed by atoms with Gasteiger partial charge in [0.2, 0.25) is 0 Å². The number of hydrogen-bond donors (Lipinski definition) is 0. The summed E-state index contributed by atoms with van der Waals surface area (Å²) in [4.78, 5) is 0. The first kappa shape index (κ1) is 16.7. The van der Waals surface area contributed by atoms with Crippen LogP contribution in [0.15, 0.2) is 22.6 Å². The predicted octanol–water partition coefficient (Wildman–Crippen LogP) is 4.40. The molecule has 0 spiro atoms. The number of nitrogens with zero attached hydrogens (tertiary/aromatic N) is 1. The average Bonchev–Trinajstić information content (AvgIpc) is 3.28. The Morgan fingerprint density at radius 3 is 2.90 bits per heavy atom. The lowest BCUT2D eigenvalue weighted by atomic mass is 10.1. The number of benzene rings is 1. The van der Waals surface area contributed by atoms with Crippen LogP contribution in [-0.2, 0) is 11.4 Å². The fourth-order valence-corrected chi connectivity index (χ4v) is 3.06. The normalized spacial score (nSPS) is 16.9. The Balaban J connectivity index is 2.03. The zero-order valence-corrected chi connectivity index (χ0v) is 14.2. The molecule has 1 aromatic rings. The summed E-state index contributed by atoms with van der Waals surface area (Å²) in [6.07, 6.45) is 4.45. The van der Waals surface area contributed by atoms with Crippen molar-refractivity contribution in [2.75, 3.05) is 12.4 Å². The van der Waals surface area contributed by atoms with Gasteiger partial charge in [-0.1, -0.05) is 35.4 Å². The molecular weight excluding hydrogens is 306 g/mol. The van der Waals surface area contributed by atoms with E-state index in [1.807, 2.05) is 25.1 Å². The summed E-state index contributed by atoms with van der Waals surface area (Å²) in [5.74, 6) is 1.99. The van der Waals surface area contributed by atoms with E-state index < -0.39 is 11.4 Å². The minimum atomic E-state index is -1.15. The zero-order chi connectivity index (χ0) is 15.2. The van der Waals surface area contributed by atoms with Gasteiger partial charge in [0.25, 0.3) is 0 Å². The van der Waals surface area contributed by atoms with Crippen molar-refractivity contribution < 1.29 is 9.29 Å². The van der Waals surface area contributed by atoms with Gasteiger partial charge in [-0.15, -0.1) is 0 Å². The molecule has 1 aromatic carbocycles. The van der Waals surface area contributed by atoms with E-state index in [0.29, 0.717) is 22.4 Å². The van der Waals surface area contributed by atoms with Gasteiger partial charge in [0, 0.05) is 5.56 Å². The molecular formula is C16H22ClNO2S. The highest BCUT2D eigenvalue weighted by atomic mass is 35.5. The predicted molar refractivity (Wildman–Crippen MR) is 89.8 cm³/mol. The first-order chi connectivity index (χ1) is 10.1. The minimum absolute atomic E-state index is 0.610. The summed E-state index contributed by atoms with van der Waals surface area (Å²) in [6.45, 7) is 4.68. The lowest BCUT2D eigenvalue weighted by Crippen LogP contribution is -2.07. The molecule has 1 aliphatic rings. The number of unbranched alkanes of at least 4 members (excludes halogenated alkanes) is 1. The monoisotopic (exact) mass is 327 g/mol. The standard InChI is InChI=1S/C16H22ClNO2S/c1-3-4-9-21(19)18-12(2)14-7-8-15(17)16(10-14)20-11-13-5-6-13/h7-8,10,13H,3-6,9,11H2,1-2H3/b18-12+/t21-/m0/s1. The van der Waals surface area contributed by atoms with Crippen LogP contribution in [0.3, 0.4) is 0 Å². The van der Waals surface area contributed by atoms with E-state index in [1.165, 1.54) is 12.8 Å². The third-order valence-electron chi connectivity index (χ3n) is 3.43. The molecule has 0 unspecified atom stereocenters. The molecule has 1 aliphatic carbocycles. The SMILES string of the molecule is CCCC[S@+]([O-])/N=C(\C)c1ccc(Cl)c(OCC2CC2)c1. The highest BCUT2D eigenvalue weighted by Crippen LogP contribution is 2.32. The van der Waals surface area contributed by atoms with Crippen LogP contribution in [0.25, 0.3) is 0 Å². The number of ether oxygens (including phenoxy) is 1. The van der Waals surface area contributed by atoms with Gasteiger partial charge in [0.15, 0.2) is 0 Å². The molecule has 0 bridgehead atoms. The van der Waals surface area contributed by atoms with Crippen LogP contribution in [0.1, 0.15) is 45.1 Å². The van der Waals surface area contributed by atoms with Gasteiger partial charge < -0.3 is 9.29 Å². The molecule has 0 N–H and O–H groups in total. The first-order valence-corrected chi connectivity index (χ1v) is 9.12. The van der Waals surface area contributed by atoms with E-state index >= 15 is 0 Å². The molecule has 5 heteroatoms. The van der Waals surface area contributed by atoms with Gasteiger partial charge in [0.05, 0.1) is 28.7 Å². The summed E-state index contributed by atoms with van der Waals surface area (Å²) >= 11 is 5.00. The fourth-order valence-electron chi connectivity index (χ4n) is 1.85. The van der Waals surface area contributed by atoms with Crippen LogP contribution in [0.5, 0.6) is 5.75 Å². The molecule has 116 valence electrons. The van der Waals surface area contributed by atoms with E-state index in [-0.39, 0.29) is 0 Å². The molecule has 3 nitrogen and oxygen atoms in total. The minimum Gasteiger partial charge on any atom is -0.591 e. The fraction of sp³-hybridized carbons (Fsp3) is 0.562. The molecule has 0 heterocycles. The van der Waals surface area contributed by atoms with Crippen molar-refractivity contribution in [2.45, 2.75) is 39.5 Å². The van der Waals surface area contributed by atoms with Crippen LogP contribution in [0, 0.1) is 5.92 Å². The molecule has 1 atom stereocenters. The smallest absolute Gasteiger partial charge is 0.138 e. The maximum atomic E-state index is 11.8. The van der Waals surface area contributed by atoms with Crippen molar-refractivity contribution in [1.29, 1.82) is 0 Å². The van der Waals surface area contributed by atoms with Gasteiger partial charge in [0.1, 0.15) is 11.5 Å². The molecule has 21 heavy (non-hydrogen) atoms.